The second-order valence-electron chi connectivity index (χ2n) is 13.4. The van der Waals surface area contributed by atoms with Crippen LogP contribution in [0.2, 0.25) is 0 Å². The maximum Gasteiger partial charge on any atom is 0.475 e. The Kier molecular flexibility index (Phi) is 35.1. The van der Waals surface area contributed by atoms with Gasteiger partial charge in [0.15, 0.2) is 0 Å². The number of rotatable bonds is 39. The minimum absolute atomic E-state index is 0.0571. The number of hydrogen-bond acceptors (Lipinski definition) is 10. The van der Waals surface area contributed by atoms with Gasteiger partial charge in [0.1, 0.15) is 6.10 Å². The Morgan fingerprint density at radius 3 is 1.80 bits per heavy atom. The number of phosphoric acid groups is 1. The van der Waals surface area contributed by atoms with Gasteiger partial charge in [0.25, 0.3) is 0 Å². The van der Waals surface area contributed by atoms with E-state index in [9.17, 15) is 18.9 Å². The first-order chi connectivity index (χ1) is 24.8. The van der Waals surface area contributed by atoms with Crippen LogP contribution in [0.25, 0.3) is 0 Å². The Balaban J connectivity index is 4.69. The van der Waals surface area contributed by atoms with Crippen molar-refractivity contribution in [3.05, 3.63) is 12.7 Å². The average Bonchev–Trinajstić information content (AvgIpc) is 3.11. The van der Waals surface area contributed by atoms with E-state index < -0.39 is 13.9 Å². The van der Waals surface area contributed by atoms with Gasteiger partial charge in [-0.15, -0.1) is 6.58 Å². The summed E-state index contributed by atoms with van der Waals surface area (Å²) < 4.78 is 40.7. The summed E-state index contributed by atoms with van der Waals surface area (Å²) in [5.41, 5.74) is 0. The number of carbonyl (C=O) groups is 2. The number of carbonyl (C=O) groups excluding carboxylic acids is 3. The lowest BCUT2D eigenvalue weighted by molar-refractivity contribution is -0.149. The molecular formula is C39H73N2O9P. The van der Waals surface area contributed by atoms with Crippen LogP contribution in [0.4, 0.5) is 0 Å². The van der Waals surface area contributed by atoms with Gasteiger partial charge in [-0.05, 0) is 19.8 Å². The highest BCUT2D eigenvalue weighted by molar-refractivity contribution is 7.48. The van der Waals surface area contributed by atoms with E-state index in [1.165, 1.54) is 102 Å². The van der Waals surface area contributed by atoms with E-state index in [0.717, 1.165) is 38.5 Å². The van der Waals surface area contributed by atoms with Crippen LogP contribution in [0.3, 0.4) is 0 Å². The largest absolute Gasteiger partial charge is 0.475 e. The van der Waals surface area contributed by atoms with Crippen molar-refractivity contribution in [3.8, 4) is 0 Å². The lowest BCUT2D eigenvalue weighted by atomic mass is 10.1. The van der Waals surface area contributed by atoms with Crippen molar-refractivity contribution < 1.29 is 42.0 Å². The molecule has 0 aliphatic rings. The number of isocyanates is 1. The number of nitrogens with zero attached hydrogens (tertiary/aromatic N) is 1. The molecule has 51 heavy (non-hydrogen) atoms. The van der Waals surface area contributed by atoms with Gasteiger partial charge in [0, 0.05) is 19.3 Å². The topological polar surface area (TPSA) is 139 Å². The van der Waals surface area contributed by atoms with Crippen molar-refractivity contribution in [3.63, 3.8) is 0 Å². The number of amides is 1. The highest BCUT2D eigenvalue weighted by atomic mass is 31.2. The molecule has 0 radical (unpaired) electrons. The van der Waals surface area contributed by atoms with Crippen molar-refractivity contribution in [1.29, 1.82) is 0 Å². The fraction of sp³-hybridized carbons (Fsp3) is 0.872. The second kappa shape index (κ2) is 36.5. The number of ether oxygens (including phenoxy) is 2. The van der Waals surface area contributed by atoms with Gasteiger partial charge in [-0.1, -0.05) is 135 Å². The zero-order valence-electron chi connectivity index (χ0n) is 32.5. The minimum Gasteiger partial charge on any atom is -0.463 e. The van der Waals surface area contributed by atoms with Crippen LogP contribution < -0.4 is 5.32 Å². The lowest BCUT2D eigenvalue weighted by Crippen LogP contribution is -2.41. The van der Waals surface area contributed by atoms with Gasteiger partial charge in [-0.3, -0.25) is 23.2 Å². The van der Waals surface area contributed by atoms with E-state index in [0.29, 0.717) is 25.9 Å². The van der Waals surface area contributed by atoms with Gasteiger partial charge >= 0.3 is 13.8 Å². The summed E-state index contributed by atoms with van der Waals surface area (Å²) in [4.78, 5) is 38.9. The maximum absolute atomic E-state index is 13.2. The van der Waals surface area contributed by atoms with Gasteiger partial charge in [0.05, 0.1) is 45.6 Å². The molecular weight excluding hydrogens is 671 g/mol. The number of aliphatic imine (C=N–C) groups is 1. The minimum atomic E-state index is -4.04. The molecule has 298 valence electrons. The van der Waals surface area contributed by atoms with Crippen LogP contribution in [-0.4, -0.2) is 69.7 Å². The van der Waals surface area contributed by atoms with Crippen LogP contribution in [0.15, 0.2) is 17.6 Å². The molecule has 12 heteroatoms. The van der Waals surface area contributed by atoms with Gasteiger partial charge < -0.3 is 14.8 Å². The van der Waals surface area contributed by atoms with Crippen LogP contribution in [0.5, 0.6) is 0 Å². The molecule has 0 bridgehead atoms. The Morgan fingerprint density at radius 2 is 1.27 bits per heavy atom. The number of esters is 1. The molecule has 1 N–H and O–H groups in total. The average molecular weight is 745 g/mol. The fourth-order valence-corrected chi connectivity index (χ4v) is 6.64. The molecule has 0 aromatic heterocycles. The first-order valence-corrected chi connectivity index (χ1v) is 21.5. The molecule has 0 aromatic rings. The molecule has 0 saturated heterocycles. The van der Waals surface area contributed by atoms with Crippen LogP contribution >= 0.6 is 7.82 Å². The highest BCUT2D eigenvalue weighted by Gasteiger charge is 2.28. The summed E-state index contributed by atoms with van der Waals surface area (Å²) in [5.74, 6) is -0.342. The summed E-state index contributed by atoms with van der Waals surface area (Å²) >= 11 is 0. The number of hydrogen-bond donors (Lipinski definition) is 1. The summed E-state index contributed by atoms with van der Waals surface area (Å²) in [6.45, 7) is 9.72. The summed E-state index contributed by atoms with van der Waals surface area (Å²) in [5, 5.41) is 2.93. The third-order valence-electron chi connectivity index (χ3n) is 8.48. The Morgan fingerprint density at radius 1 is 0.745 bits per heavy atom. The van der Waals surface area contributed by atoms with Gasteiger partial charge in [-0.25, -0.2) is 14.4 Å². The first kappa shape index (κ1) is 49.1. The normalized spacial score (nSPS) is 13.5. The van der Waals surface area contributed by atoms with Crippen molar-refractivity contribution in [2.24, 2.45) is 4.99 Å². The summed E-state index contributed by atoms with van der Waals surface area (Å²) in [6, 6.07) is -0.632. The Hall–Kier alpha value is -1.87. The van der Waals surface area contributed by atoms with E-state index in [1.807, 2.05) is 6.92 Å². The monoisotopic (exact) mass is 745 g/mol. The number of nitrogens with one attached hydrogen (secondary N) is 1. The second-order valence-corrected chi connectivity index (χ2v) is 15.1. The first-order valence-electron chi connectivity index (χ1n) is 20.0. The molecule has 0 spiro atoms. The van der Waals surface area contributed by atoms with Crippen LogP contribution in [-0.2, 0) is 42.0 Å². The Bertz CT molecular complexity index is 946. The van der Waals surface area contributed by atoms with Crippen LogP contribution in [0, 0.1) is 0 Å². The third-order valence-corrected chi connectivity index (χ3v) is 9.91. The van der Waals surface area contributed by atoms with Crippen molar-refractivity contribution in [2.45, 2.75) is 181 Å². The predicted molar refractivity (Wildman–Crippen MR) is 204 cm³/mol. The van der Waals surface area contributed by atoms with Crippen LogP contribution in [0.1, 0.15) is 168 Å². The lowest BCUT2D eigenvalue weighted by Gasteiger charge is -2.23. The van der Waals surface area contributed by atoms with E-state index >= 15 is 0 Å². The fourth-order valence-electron chi connectivity index (χ4n) is 5.46. The SMILES string of the molecule is C=CCOP(=O)(OCCN=C=O)OC[C@@H](COCC[C@@H](C)OC(=O)CCCCCCCCCCC)NC(=O)CCCCCCCCCCCCC. The standard InChI is InChI=1S/C39H73N2O9P/c1-5-8-10-12-14-16-17-19-20-22-24-26-38(43)41-37(34-49-51(45,47-30-7-3)48-32-29-40-35-42)33-46-31-28-36(4)50-39(44)27-25-23-21-18-15-13-11-9-6-2/h7,36-37H,3,5-6,8-34H2,1-2,4H3,(H,41,43)/t36-,37-,51?/m1/s1. The molecule has 1 amide bonds. The highest BCUT2D eigenvalue weighted by Crippen LogP contribution is 2.49. The molecule has 0 aliphatic carbocycles. The molecule has 0 aliphatic heterocycles. The zero-order valence-corrected chi connectivity index (χ0v) is 33.4. The van der Waals surface area contributed by atoms with Crippen molar-refractivity contribution in [2.75, 3.05) is 39.6 Å². The van der Waals surface area contributed by atoms with E-state index in [4.69, 9.17) is 23.0 Å². The quantitative estimate of drug-likeness (QED) is 0.0163. The number of unbranched alkanes of at least 4 members (excludes halogenated alkanes) is 18. The molecule has 11 nitrogen and oxygen atoms in total. The van der Waals surface area contributed by atoms with E-state index in [1.54, 1.807) is 0 Å². The number of phosphoric ester groups is 1. The molecule has 0 saturated carbocycles. The smallest absolute Gasteiger partial charge is 0.463 e. The summed E-state index contributed by atoms with van der Waals surface area (Å²) in [6.07, 6.45) is 27.6. The third kappa shape index (κ3) is 33.7. The van der Waals surface area contributed by atoms with Gasteiger partial charge in [0.2, 0.25) is 12.0 Å². The molecule has 0 fully saturated rings. The van der Waals surface area contributed by atoms with Crippen molar-refractivity contribution >= 4 is 25.8 Å². The van der Waals surface area contributed by atoms with E-state index in [2.05, 4.69) is 30.7 Å². The predicted octanol–water partition coefficient (Wildman–Crippen LogP) is 10.1. The molecule has 0 rings (SSSR count). The maximum atomic E-state index is 13.2. The molecule has 1 unspecified atom stereocenters. The zero-order chi connectivity index (χ0) is 37.7. The van der Waals surface area contributed by atoms with E-state index in [-0.39, 0.29) is 51.0 Å². The van der Waals surface area contributed by atoms with Gasteiger partial charge in [-0.2, -0.15) is 0 Å². The van der Waals surface area contributed by atoms with Crippen molar-refractivity contribution in [1.82, 2.24) is 5.32 Å². The summed E-state index contributed by atoms with van der Waals surface area (Å²) in [7, 11) is -4.04. The molecule has 0 heterocycles. The molecule has 3 atom stereocenters. The Labute approximate surface area is 310 Å². The molecule has 0 aromatic carbocycles.